The molecule has 0 spiro atoms. The molecule has 7 heteroatoms. The molecule has 6 nitrogen and oxygen atoms in total. The van der Waals surface area contributed by atoms with Crippen LogP contribution in [0.1, 0.15) is 6.42 Å². The summed E-state index contributed by atoms with van der Waals surface area (Å²) in [6.07, 6.45) is 1.00. The highest BCUT2D eigenvalue weighted by molar-refractivity contribution is 6.33. The normalized spacial score (nSPS) is 15.2. The van der Waals surface area contributed by atoms with E-state index in [1.807, 2.05) is 11.9 Å². The number of hydrogen-bond acceptors (Lipinski definition) is 5. The third kappa shape index (κ3) is 2.70. The van der Waals surface area contributed by atoms with Crippen LogP contribution in [0.2, 0.25) is 5.02 Å². The molecule has 1 aromatic rings. The topological polar surface area (TPSA) is 70.8 Å². The number of rotatable bonds is 2. The zero-order valence-electron chi connectivity index (χ0n) is 9.89. The van der Waals surface area contributed by atoms with Crippen LogP contribution < -0.4 is 5.32 Å². The van der Waals surface area contributed by atoms with Gasteiger partial charge in [-0.2, -0.15) is 0 Å². The standard InChI is InChI=1S/C11H13ClN4O2/c1-15-6-2-5-13-11(15)14-10-7-8(16(17)18)3-4-9(10)12/h3-4,7H,2,5-6H2,1H3,(H,13,14). The molecular formula is C11H13ClN4O2. The number of nitrogens with one attached hydrogen (secondary N) is 1. The molecule has 1 aromatic carbocycles. The van der Waals surface area contributed by atoms with Crippen molar-refractivity contribution in [2.45, 2.75) is 6.42 Å². The van der Waals surface area contributed by atoms with Crippen LogP contribution in [0.15, 0.2) is 23.2 Å². The fourth-order valence-corrected chi connectivity index (χ4v) is 1.86. The van der Waals surface area contributed by atoms with Crippen LogP contribution in [-0.4, -0.2) is 35.9 Å². The van der Waals surface area contributed by atoms with Crippen LogP contribution in [0.3, 0.4) is 0 Å². The molecule has 96 valence electrons. The molecule has 1 heterocycles. The molecular weight excluding hydrogens is 256 g/mol. The number of halogens is 1. The fraction of sp³-hybridized carbons (Fsp3) is 0.364. The van der Waals surface area contributed by atoms with Crippen LogP contribution in [0.25, 0.3) is 0 Å². The minimum atomic E-state index is -0.450. The number of guanidine groups is 1. The van der Waals surface area contributed by atoms with Gasteiger partial charge in [-0.3, -0.25) is 15.1 Å². The van der Waals surface area contributed by atoms with Gasteiger partial charge in [-0.25, -0.2) is 0 Å². The van der Waals surface area contributed by atoms with Crippen molar-refractivity contribution in [2.75, 3.05) is 25.5 Å². The first kappa shape index (κ1) is 12.6. The Balaban J connectivity index is 2.25. The molecule has 18 heavy (non-hydrogen) atoms. The molecule has 0 radical (unpaired) electrons. The van der Waals surface area contributed by atoms with Crippen molar-refractivity contribution in [1.29, 1.82) is 0 Å². The summed E-state index contributed by atoms with van der Waals surface area (Å²) < 4.78 is 0. The second kappa shape index (κ2) is 5.22. The quantitative estimate of drug-likeness (QED) is 0.660. The smallest absolute Gasteiger partial charge is 0.271 e. The van der Waals surface area contributed by atoms with Gasteiger partial charge in [-0.1, -0.05) is 11.6 Å². The highest BCUT2D eigenvalue weighted by Gasteiger charge is 2.15. The minimum Gasteiger partial charge on any atom is -0.346 e. The van der Waals surface area contributed by atoms with Gasteiger partial charge in [0.2, 0.25) is 0 Å². The Bertz CT molecular complexity index is 504. The minimum absolute atomic E-state index is 0.000891. The average Bonchev–Trinajstić information content (AvgIpc) is 2.34. The zero-order valence-corrected chi connectivity index (χ0v) is 10.6. The molecule has 0 bridgehead atoms. The summed E-state index contributed by atoms with van der Waals surface area (Å²) in [6.45, 7) is 1.65. The summed E-state index contributed by atoms with van der Waals surface area (Å²) >= 11 is 6.01. The fourth-order valence-electron chi connectivity index (χ4n) is 1.70. The first-order valence-electron chi connectivity index (χ1n) is 5.54. The summed E-state index contributed by atoms with van der Waals surface area (Å²) in [5.41, 5.74) is 0.499. The van der Waals surface area contributed by atoms with Crippen molar-refractivity contribution in [3.05, 3.63) is 33.3 Å². The third-order valence-electron chi connectivity index (χ3n) is 2.68. The van der Waals surface area contributed by atoms with E-state index < -0.39 is 4.92 Å². The summed E-state index contributed by atoms with van der Waals surface area (Å²) in [5, 5.41) is 14.2. The number of hydrogen-bond donors (Lipinski definition) is 1. The van der Waals surface area contributed by atoms with E-state index in [9.17, 15) is 10.1 Å². The summed E-state index contributed by atoms with van der Waals surface area (Å²) in [4.78, 5) is 16.5. The molecule has 0 fully saturated rings. The maximum Gasteiger partial charge on any atom is 0.271 e. The largest absolute Gasteiger partial charge is 0.346 e. The molecule has 1 N–H and O–H groups in total. The van der Waals surface area contributed by atoms with E-state index in [1.165, 1.54) is 18.2 Å². The Hall–Kier alpha value is -1.82. The molecule has 0 saturated heterocycles. The van der Waals surface area contributed by atoms with E-state index >= 15 is 0 Å². The highest BCUT2D eigenvalue weighted by Crippen LogP contribution is 2.27. The Morgan fingerprint density at radius 3 is 3.00 bits per heavy atom. The van der Waals surface area contributed by atoms with E-state index in [0.29, 0.717) is 16.7 Å². The van der Waals surface area contributed by atoms with Gasteiger partial charge in [-0.15, -0.1) is 0 Å². The Kier molecular flexibility index (Phi) is 3.66. The third-order valence-corrected chi connectivity index (χ3v) is 3.01. The number of nitrogens with zero attached hydrogens (tertiary/aromatic N) is 3. The van der Waals surface area contributed by atoms with Crippen molar-refractivity contribution in [1.82, 2.24) is 4.90 Å². The van der Waals surface area contributed by atoms with Crippen LogP contribution >= 0.6 is 11.6 Å². The summed E-state index contributed by atoms with van der Waals surface area (Å²) in [6, 6.07) is 4.29. The molecule has 0 unspecified atom stereocenters. The van der Waals surface area contributed by atoms with E-state index in [-0.39, 0.29) is 5.69 Å². The van der Waals surface area contributed by atoms with Crippen molar-refractivity contribution < 1.29 is 4.92 Å². The van der Waals surface area contributed by atoms with Gasteiger partial charge in [0, 0.05) is 32.3 Å². The molecule has 0 aliphatic carbocycles. The molecule has 1 aliphatic rings. The summed E-state index contributed by atoms with van der Waals surface area (Å²) in [5.74, 6) is 0.684. The predicted octanol–water partition coefficient (Wildman–Crippen LogP) is 2.35. The number of anilines is 1. The van der Waals surface area contributed by atoms with E-state index in [4.69, 9.17) is 11.6 Å². The van der Waals surface area contributed by atoms with Gasteiger partial charge >= 0.3 is 0 Å². The van der Waals surface area contributed by atoms with E-state index in [0.717, 1.165) is 19.5 Å². The van der Waals surface area contributed by atoms with Crippen molar-refractivity contribution >= 4 is 28.9 Å². The van der Waals surface area contributed by atoms with Gasteiger partial charge in [0.15, 0.2) is 5.96 Å². The SMILES string of the molecule is CN1CCCN=C1Nc1cc([N+](=O)[O-])ccc1Cl. The van der Waals surface area contributed by atoms with Crippen LogP contribution in [0.5, 0.6) is 0 Å². The molecule has 2 rings (SSSR count). The first-order chi connectivity index (χ1) is 8.58. The molecule has 0 amide bonds. The Morgan fingerprint density at radius 2 is 2.33 bits per heavy atom. The van der Waals surface area contributed by atoms with Crippen molar-refractivity contribution in [3.63, 3.8) is 0 Å². The van der Waals surface area contributed by atoms with Gasteiger partial charge in [0.25, 0.3) is 5.69 Å². The lowest BCUT2D eigenvalue weighted by molar-refractivity contribution is -0.384. The van der Waals surface area contributed by atoms with Crippen LogP contribution in [-0.2, 0) is 0 Å². The lowest BCUT2D eigenvalue weighted by atomic mass is 10.2. The van der Waals surface area contributed by atoms with E-state index in [2.05, 4.69) is 10.3 Å². The maximum absolute atomic E-state index is 10.7. The van der Waals surface area contributed by atoms with Crippen LogP contribution in [0, 0.1) is 10.1 Å². The number of aliphatic imine (C=N–C) groups is 1. The highest BCUT2D eigenvalue weighted by atomic mass is 35.5. The van der Waals surface area contributed by atoms with Crippen LogP contribution in [0.4, 0.5) is 11.4 Å². The van der Waals surface area contributed by atoms with Gasteiger partial charge in [0.05, 0.1) is 15.6 Å². The lowest BCUT2D eigenvalue weighted by Gasteiger charge is -2.25. The first-order valence-corrected chi connectivity index (χ1v) is 5.92. The second-order valence-corrected chi connectivity index (χ2v) is 4.43. The molecule has 1 aliphatic heterocycles. The monoisotopic (exact) mass is 268 g/mol. The number of benzene rings is 1. The molecule has 0 aromatic heterocycles. The number of nitro groups is 1. The van der Waals surface area contributed by atoms with Gasteiger partial charge in [-0.05, 0) is 12.5 Å². The van der Waals surface area contributed by atoms with Gasteiger partial charge < -0.3 is 10.2 Å². The Labute approximate surface area is 109 Å². The number of non-ortho nitro benzene ring substituents is 1. The van der Waals surface area contributed by atoms with Crippen molar-refractivity contribution in [3.8, 4) is 0 Å². The maximum atomic E-state index is 10.7. The summed E-state index contributed by atoms with van der Waals surface area (Å²) in [7, 11) is 1.91. The predicted molar refractivity (Wildman–Crippen MR) is 71.3 cm³/mol. The van der Waals surface area contributed by atoms with E-state index in [1.54, 1.807) is 0 Å². The average molecular weight is 269 g/mol. The van der Waals surface area contributed by atoms with Gasteiger partial charge in [0.1, 0.15) is 0 Å². The second-order valence-electron chi connectivity index (χ2n) is 4.03. The zero-order chi connectivity index (χ0) is 13.1. The Morgan fingerprint density at radius 1 is 1.56 bits per heavy atom. The molecule has 0 saturated carbocycles. The number of nitro benzene ring substituents is 1. The lowest BCUT2D eigenvalue weighted by Crippen LogP contribution is -2.37. The molecule has 0 atom stereocenters. The van der Waals surface area contributed by atoms with Crippen molar-refractivity contribution in [2.24, 2.45) is 4.99 Å².